The average molecular weight is 252 g/mol. The molecule has 0 bridgehead atoms. The number of hydrogen-bond acceptors (Lipinski definition) is 4. The molecule has 0 radical (unpaired) electrons. The second-order valence-electron chi connectivity index (χ2n) is 3.25. The zero-order valence-electron chi connectivity index (χ0n) is 9.20. The van der Waals surface area contributed by atoms with Crippen molar-refractivity contribution in [1.29, 1.82) is 5.26 Å². The Hall–Kier alpha value is -1.86. The van der Waals surface area contributed by atoms with Gasteiger partial charge < -0.3 is 4.74 Å². The monoisotopic (exact) mass is 251 g/mol. The van der Waals surface area contributed by atoms with Gasteiger partial charge in [-0.15, -0.1) is 0 Å². The number of carbonyl (C=O) groups is 2. The van der Waals surface area contributed by atoms with Crippen LogP contribution in [-0.2, 0) is 16.0 Å². The molecule has 0 aliphatic heterocycles. The first-order valence-corrected chi connectivity index (χ1v) is 5.33. The number of aldehydes is 1. The van der Waals surface area contributed by atoms with E-state index in [0.29, 0.717) is 18.5 Å². The van der Waals surface area contributed by atoms with Gasteiger partial charge in [0.25, 0.3) is 0 Å². The molecule has 0 aliphatic rings. The lowest BCUT2D eigenvalue weighted by Crippen LogP contribution is -2.08. The fraction of sp³-hybridized carbons (Fsp3) is 0.250. The molecule has 5 heteroatoms. The van der Waals surface area contributed by atoms with Gasteiger partial charge in [0.05, 0.1) is 23.6 Å². The summed E-state index contributed by atoms with van der Waals surface area (Å²) >= 11 is 5.84. The highest BCUT2D eigenvalue weighted by molar-refractivity contribution is 6.32. The molecule has 0 saturated heterocycles. The minimum Gasteiger partial charge on any atom is -0.466 e. The molecule has 88 valence electrons. The van der Waals surface area contributed by atoms with E-state index < -0.39 is 5.97 Å². The van der Waals surface area contributed by atoms with Crippen LogP contribution in [0.1, 0.15) is 28.4 Å². The Balaban J connectivity index is 3.04. The van der Waals surface area contributed by atoms with Crippen LogP contribution in [0.5, 0.6) is 0 Å². The van der Waals surface area contributed by atoms with Gasteiger partial charge in [-0.25, -0.2) is 0 Å². The third-order valence-electron chi connectivity index (χ3n) is 2.07. The summed E-state index contributed by atoms with van der Waals surface area (Å²) in [4.78, 5) is 22.0. The van der Waals surface area contributed by atoms with E-state index in [0.717, 1.165) is 0 Å². The maximum Gasteiger partial charge on any atom is 0.310 e. The summed E-state index contributed by atoms with van der Waals surface area (Å²) in [5.41, 5.74) is 0.850. The van der Waals surface area contributed by atoms with E-state index in [-0.39, 0.29) is 22.6 Å². The molecule has 0 aromatic heterocycles. The second kappa shape index (κ2) is 6.02. The fourth-order valence-electron chi connectivity index (χ4n) is 1.38. The summed E-state index contributed by atoms with van der Waals surface area (Å²) in [6.45, 7) is 2.00. The van der Waals surface area contributed by atoms with Crippen molar-refractivity contribution in [2.24, 2.45) is 0 Å². The molecule has 4 nitrogen and oxygen atoms in total. The third-order valence-corrected chi connectivity index (χ3v) is 2.37. The third kappa shape index (κ3) is 3.30. The number of ether oxygens (including phenoxy) is 1. The van der Waals surface area contributed by atoms with E-state index in [9.17, 15) is 9.59 Å². The zero-order valence-corrected chi connectivity index (χ0v) is 9.95. The van der Waals surface area contributed by atoms with Crippen molar-refractivity contribution in [1.82, 2.24) is 0 Å². The number of esters is 1. The fourth-order valence-corrected chi connectivity index (χ4v) is 1.67. The molecule has 0 saturated carbocycles. The van der Waals surface area contributed by atoms with Crippen molar-refractivity contribution >= 4 is 23.9 Å². The molecule has 0 aliphatic carbocycles. The van der Waals surface area contributed by atoms with Crippen LogP contribution in [0.4, 0.5) is 0 Å². The van der Waals surface area contributed by atoms with Gasteiger partial charge in [0.1, 0.15) is 6.07 Å². The minimum absolute atomic E-state index is 0.0279. The lowest BCUT2D eigenvalue weighted by Gasteiger charge is -2.05. The van der Waals surface area contributed by atoms with E-state index in [2.05, 4.69) is 0 Å². The van der Waals surface area contributed by atoms with Gasteiger partial charge in [-0.1, -0.05) is 11.6 Å². The van der Waals surface area contributed by atoms with Crippen molar-refractivity contribution in [2.45, 2.75) is 13.3 Å². The van der Waals surface area contributed by atoms with Crippen molar-refractivity contribution in [3.05, 3.63) is 33.8 Å². The minimum atomic E-state index is -0.398. The van der Waals surface area contributed by atoms with Gasteiger partial charge in [0.2, 0.25) is 0 Å². The van der Waals surface area contributed by atoms with Gasteiger partial charge in [0, 0.05) is 5.56 Å². The lowest BCUT2D eigenvalue weighted by molar-refractivity contribution is -0.142. The van der Waals surface area contributed by atoms with Crippen LogP contribution in [0.15, 0.2) is 12.1 Å². The van der Waals surface area contributed by atoms with Crippen LogP contribution in [0.2, 0.25) is 5.02 Å². The van der Waals surface area contributed by atoms with Crippen molar-refractivity contribution in [3.8, 4) is 6.07 Å². The maximum atomic E-state index is 11.3. The second-order valence-corrected chi connectivity index (χ2v) is 3.66. The predicted molar refractivity (Wildman–Crippen MR) is 61.9 cm³/mol. The highest BCUT2D eigenvalue weighted by Gasteiger charge is 2.11. The standard InChI is InChI=1S/C12H10ClNO3/c1-2-17-12(16)5-8-3-9(7-15)10(6-14)11(13)4-8/h3-4,7H,2,5H2,1H3. The van der Waals surface area contributed by atoms with Gasteiger partial charge in [-0.2, -0.15) is 5.26 Å². The smallest absolute Gasteiger partial charge is 0.310 e. The van der Waals surface area contributed by atoms with E-state index in [4.69, 9.17) is 21.6 Å². The van der Waals surface area contributed by atoms with Crippen molar-refractivity contribution in [3.63, 3.8) is 0 Å². The van der Waals surface area contributed by atoms with Gasteiger partial charge in [0.15, 0.2) is 6.29 Å². The molecule has 0 spiro atoms. The number of nitrogens with zero attached hydrogens (tertiary/aromatic N) is 1. The van der Waals surface area contributed by atoms with Crippen LogP contribution in [0.25, 0.3) is 0 Å². The molecular formula is C12H10ClNO3. The van der Waals surface area contributed by atoms with Gasteiger partial charge in [-0.3, -0.25) is 9.59 Å². The molecule has 0 N–H and O–H groups in total. The Morgan fingerprint density at radius 1 is 1.59 bits per heavy atom. The number of halogens is 1. The van der Waals surface area contributed by atoms with Crippen LogP contribution in [0.3, 0.4) is 0 Å². The summed E-state index contributed by atoms with van der Waals surface area (Å²) in [5.74, 6) is -0.398. The number of rotatable bonds is 4. The molecule has 0 atom stereocenters. The molecule has 0 amide bonds. The topological polar surface area (TPSA) is 67.2 Å². The van der Waals surface area contributed by atoms with E-state index >= 15 is 0 Å². The summed E-state index contributed by atoms with van der Waals surface area (Å²) in [7, 11) is 0. The molecule has 1 aromatic carbocycles. The summed E-state index contributed by atoms with van der Waals surface area (Å²) in [6, 6.07) is 4.80. The SMILES string of the molecule is CCOC(=O)Cc1cc(Cl)c(C#N)c(C=O)c1. The molecule has 0 heterocycles. The Labute approximate surface area is 104 Å². The Bertz CT molecular complexity index is 491. The van der Waals surface area contributed by atoms with Crippen molar-refractivity contribution < 1.29 is 14.3 Å². The van der Waals surface area contributed by atoms with Crippen molar-refractivity contribution in [2.75, 3.05) is 6.61 Å². The van der Waals surface area contributed by atoms with Crippen LogP contribution >= 0.6 is 11.6 Å². The van der Waals surface area contributed by atoms with E-state index in [1.54, 1.807) is 6.92 Å². The lowest BCUT2D eigenvalue weighted by atomic mass is 10.0. The Kier molecular flexibility index (Phi) is 4.68. The number of nitriles is 1. The molecule has 0 unspecified atom stereocenters. The zero-order chi connectivity index (χ0) is 12.8. The summed E-state index contributed by atoms with van der Waals surface area (Å²) in [5, 5.41) is 8.97. The quantitative estimate of drug-likeness (QED) is 0.607. The maximum absolute atomic E-state index is 11.3. The Morgan fingerprint density at radius 3 is 2.82 bits per heavy atom. The first-order valence-electron chi connectivity index (χ1n) is 4.95. The molecule has 0 fully saturated rings. The normalized spacial score (nSPS) is 9.47. The highest BCUT2D eigenvalue weighted by atomic mass is 35.5. The summed E-state index contributed by atoms with van der Waals surface area (Å²) < 4.78 is 4.78. The molecular weight excluding hydrogens is 242 g/mol. The predicted octanol–water partition coefficient (Wildman–Crippen LogP) is 2.13. The van der Waals surface area contributed by atoms with Crippen LogP contribution in [-0.4, -0.2) is 18.9 Å². The number of benzene rings is 1. The van der Waals surface area contributed by atoms with Gasteiger partial charge >= 0.3 is 5.97 Å². The van der Waals surface area contributed by atoms with Crippen LogP contribution in [0, 0.1) is 11.3 Å². The first-order chi connectivity index (χ1) is 8.12. The average Bonchev–Trinajstić information content (AvgIpc) is 2.28. The number of hydrogen-bond donors (Lipinski definition) is 0. The Morgan fingerprint density at radius 2 is 2.29 bits per heavy atom. The molecule has 1 aromatic rings. The number of carbonyl (C=O) groups excluding carboxylic acids is 2. The van der Waals surface area contributed by atoms with E-state index in [1.807, 2.05) is 6.07 Å². The molecule has 17 heavy (non-hydrogen) atoms. The van der Waals surface area contributed by atoms with Crippen LogP contribution < -0.4 is 0 Å². The highest BCUT2D eigenvalue weighted by Crippen LogP contribution is 2.21. The van der Waals surface area contributed by atoms with E-state index in [1.165, 1.54) is 12.1 Å². The molecule has 1 rings (SSSR count). The largest absolute Gasteiger partial charge is 0.466 e. The first kappa shape index (κ1) is 13.2. The van der Waals surface area contributed by atoms with Gasteiger partial charge in [-0.05, 0) is 24.6 Å². The summed E-state index contributed by atoms with van der Waals surface area (Å²) in [6.07, 6.45) is 0.569.